The minimum absolute atomic E-state index is 0.0103. The zero-order chi connectivity index (χ0) is 42.6. The second kappa shape index (κ2) is 13.8. The van der Waals surface area contributed by atoms with Crippen molar-refractivity contribution in [3.63, 3.8) is 0 Å². The third-order valence-corrected chi connectivity index (χ3v) is 13.2. The largest absolute Gasteiger partial charge is 0.457 e. The maximum atomic E-state index is 6.76. The van der Waals surface area contributed by atoms with Crippen LogP contribution >= 0.6 is 0 Å². The average molecular weight is 832 g/mol. The Morgan fingerprint density at radius 2 is 0.862 bits per heavy atom. The third-order valence-electron chi connectivity index (χ3n) is 13.2. The van der Waals surface area contributed by atoms with Crippen molar-refractivity contribution in [3.05, 3.63) is 207 Å². The number of para-hydroxylation sites is 2. The highest BCUT2D eigenvalue weighted by Crippen LogP contribution is 2.39. The van der Waals surface area contributed by atoms with E-state index in [1.165, 1.54) is 43.7 Å². The minimum Gasteiger partial charge on any atom is -0.457 e. The van der Waals surface area contributed by atoms with Crippen LogP contribution in [0.25, 0.3) is 94.1 Å². The fourth-order valence-electron chi connectivity index (χ4n) is 10.5. The lowest BCUT2D eigenvalue weighted by molar-refractivity contribution is 0.484. The normalized spacial score (nSPS) is 12.3. The zero-order valence-corrected chi connectivity index (χ0v) is 34.7. The molecule has 0 bridgehead atoms. The number of nitrogens with zero attached hydrogens (tertiary/aromatic N) is 7. The van der Waals surface area contributed by atoms with Gasteiger partial charge in [-0.2, -0.15) is 0 Å². The lowest BCUT2D eigenvalue weighted by Gasteiger charge is -2.13. The molecule has 0 saturated carbocycles. The van der Waals surface area contributed by atoms with Gasteiger partial charge in [0.15, 0.2) is 0 Å². The molecule has 0 fully saturated rings. The van der Waals surface area contributed by atoms with Gasteiger partial charge in [0.25, 0.3) is 0 Å². The maximum absolute atomic E-state index is 6.76. The fourth-order valence-corrected chi connectivity index (χ4v) is 10.5. The average Bonchev–Trinajstić information content (AvgIpc) is 4.08. The summed E-state index contributed by atoms with van der Waals surface area (Å²) < 4.78 is 13.4. The van der Waals surface area contributed by atoms with Gasteiger partial charge in [-0.1, -0.05) is 101 Å². The number of fused-ring (bicyclic) bond motifs is 12. The summed E-state index contributed by atoms with van der Waals surface area (Å²) in [6, 6.07) is 64.2. The van der Waals surface area contributed by atoms with Crippen molar-refractivity contribution >= 4 is 88.5 Å². The standard InChI is InChI=1S/C56H34BN7O/c1-4-15-46-38(12-1)44-33-45-40-14-3-6-17-49(40)63(55-19-8-10-27-59-55)53(45)34-47(44)57(46)35-20-23-41-43-25-22-37(32-52(43)64(50(41)30-35)56-60-28-11-29-61-56)65-36-21-24-42-39-13-2-5-16-48(39)62(51(42)31-36)54-18-7-9-26-58-54/h1-34H. The van der Waals surface area contributed by atoms with Crippen molar-refractivity contribution in [2.24, 2.45) is 0 Å². The predicted molar refractivity (Wildman–Crippen MR) is 264 cm³/mol. The molecule has 7 aromatic carbocycles. The molecule has 0 aliphatic carbocycles. The van der Waals surface area contributed by atoms with Crippen LogP contribution in [-0.2, 0) is 0 Å². The first-order valence-corrected chi connectivity index (χ1v) is 21.8. The van der Waals surface area contributed by atoms with Crippen molar-refractivity contribution in [2.45, 2.75) is 0 Å². The lowest BCUT2D eigenvalue weighted by Crippen LogP contribution is -2.48. The molecule has 1 aliphatic heterocycles. The van der Waals surface area contributed by atoms with Gasteiger partial charge in [0.2, 0.25) is 12.7 Å². The van der Waals surface area contributed by atoms with Crippen molar-refractivity contribution in [1.82, 2.24) is 33.6 Å². The molecule has 13 aromatic rings. The first kappa shape index (κ1) is 35.7. The molecule has 9 heteroatoms. The van der Waals surface area contributed by atoms with E-state index in [1.807, 2.05) is 48.8 Å². The summed E-state index contributed by atoms with van der Waals surface area (Å²) in [6.45, 7) is -0.0103. The highest BCUT2D eigenvalue weighted by atomic mass is 16.5. The van der Waals surface area contributed by atoms with Crippen LogP contribution in [-0.4, -0.2) is 40.3 Å². The maximum Gasteiger partial charge on any atom is 0.243 e. The van der Waals surface area contributed by atoms with Crippen LogP contribution in [0.4, 0.5) is 0 Å². The number of ether oxygens (including phenoxy) is 1. The lowest BCUT2D eigenvalue weighted by atomic mass is 9.39. The molecule has 0 radical (unpaired) electrons. The molecule has 302 valence electrons. The SMILES string of the molecule is c1ccc(-n2c3ccccc3c3ccc(Oc4ccc5c6ccc(B7c8ccccc8-c8cc9c%10ccccc%10n(-c%10ccccn%10)c9cc87)cc6n(-c6ncccn6)c5c4)cc32)nc1. The van der Waals surface area contributed by atoms with Gasteiger partial charge in [-0.15, -0.1) is 0 Å². The first-order chi connectivity index (χ1) is 32.2. The van der Waals surface area contributed by atoms with Crippen LogP contribution in [0.1, 0.15) is 0 Å². The van der Waals surface area contributed by atoms with Gasteiger partial charge in [-0.05, 0) is 96.1 Å². The van der Waals surface area contributed by atoms with Gasteiger partial charge in [-0.25, -0.2) is 19.9 Å². The molecular weight excluding hydrogens is 797 g/mol. The second-order valence-electron chi connectivity index (χ2n) is 16.7. The van der Waals surface area contributed by atoms with Gasteiger partial charge >= 0.3 is 0 Å². The number of hydrogen-bond donors (Lipinski definition) is 0. The molecule has 0 N–H and O–H groups in total. The quantitative estimate of drug-likeness (QED) is 0.156. The molecule has 0 amide bonds. The molecule has 0 atom stereocenters. The number of pyridine rings is 2. The van der Waals surface area contributed by atoms with E-state index in [-0.39, 0.29) is 6.71 Å². The van der Waals surface area contributed by atoms with Crippen LogP contribution in [0.5, 0.6) is 11.5 Å². The van der Waals surface area contributed by atoms with Crippen LogP contribution in [0.15, 0.2) is 207 Å². The van der Waals surface area contributed by atoms with Crippen molar-refractivity contribution in [2.75, 3.05) is 0 Å². The highest BCUT2D eigenvalue weighted by Gasteiger charge is 2.35. The molecule has 0 spiro atoms. The van der Waals surface area contributed by atoms with Crippen LogP contribution in [0.2, 0.25) is 0 Å². The van der Waals surface area contributed by atoms with Gasteiger partial charge in [-0.3, -0.25) is 13.7 Å². The van der Waals surface area contributed by atoms with Gasteiger partial charge in [0, 0.05) is 69.2 Å². The fraction of sp³-hybridized carbons (Fsp3) is 0. The molecular formula is C56H34BN7O. The van der Waals surface area contributed by atoms with Crippen molar-refractivity contribution in [3.8, 4) is 40.2 Å². The van der Waals surface area contributed by atoms with E-state index in [0.717, 1.165) is 66.6 Å². The van der Waals surface area contributed by atoms with Gasteiger partial charge in [0.1, 0.15) is 23.1 Å². The Balaban J connectivity index is 0.935. The van der Waals surface area contributed by atoms with Crippen LogP contribution in [0.3, 0.4) is 0 Å². The molecule has 6 aromatic heterocycles. The van der Waals surface area contributed by atoms with Crippen LogP contribution < -0.4 is 21.1 Å². The molecule has 1 aliphatic rings. The summed E-state index contributed by atoms with van der Waals surface area (Å²) in [6.07, 6.45) is 7.30. The minimum atomic E-state index is -0.0103. The van der Waals surface area contributed by atoms with Gasteiger partial charge in [0.05, 0.1) is 33.1 Å². The Hall–Kier alpha value is -8.82. The summed E-state index contributed by atoms with van der Waals surface area (Å²) in [7, 11) is 0. The molecule has 14 rings (SSSR count). The van der Waals surface area contributed by atoms with E-state index >= 15 is 0 Å². The van der Waals surface area contributed by atoms with Crippen molar-refractivity contribution in [1.29, 1.82) is 0 Å². The predicted octanol–water partition coefficient (Wildman–Crippen LogP) is 10.8. The number of rotatable bonds is 6. The smallest absolute Gasteiger partial charge is 0.243 e. The van der Waals surface area contributed by atoms with Crippen LogP contribution in [0, 0.1) is 0 Å². The second-order valence-corrected chi connectivity index (χ2v) is 16.7. The Bertz CT molecular complexity index is 4050. The number of hydrogen-bond acceptors (Lipinski definition) is 5. The summed E-state index contributed by atoms with van der Waals surface area (Å²) in [5.74, 6) is 3.79. The molecule has 65 heavy (non-hydrogen) atoms. The number of aromatic nitrogens is 7. The van der Waals surface area contributed by atoms with E-state index in [0.29, 0.717) is 11.7 Å². The highest BCUT2D eigenvalue weighted by molar-refractivity contribution is 6.99. The van der Waals surface area contributed by atoms with E-state index in [1.54, 1.807) is 12.4 Å². The Kier molecular flexibility index (Phi) is 7.61. The Morgan fingerprint density at radius 1 is 0.338 bits per heavy atom. The zero-order valence-electron chi connectivity index (χ0n) is 34.7. The topological polar surface area (TPSA) is 75.6 Å². The third kappa shape index (κ3) is 5.33. The van der Waals surface area contributed by atoms with E-state index < -0.39 is 0 Å². The molecule has 7 heterocycles. The first-order valence-electron chi connectivity index (χ1n) is 21.8. The van der Waals surface area contributed by atoms with E-state index in [9.17, 15) is 0 Å². The monoisotopic (exact) mass is 831 g/mol. The summed E-state index contributed by atoms with van der Waals surface area (Å²) in [5.41, 5.74) is 12.6. The van der Waals surface area contributed by atoms with Gasteiger partial charge < -0.3 is 4.74 Å². The van der Waals surface area contributed by atoms with Crippen molar-refractivity contribution < 1.29 is 4.74 Å². The molecule has 0 unspecified atom stereocenters. The Labute approximate surface area is 372 Å². The molecule has 0 saturated heterocycles. The summed E-state index contributed by atoms with van der Waals surface area (Å²) >= 11 is 0. The van der Waals surface area contributed by atoms with E-state index in [4.69, 9.17) is 24.7 Å². The molecule has 8 nitrogen and oxygen atoms in total. The van der Waals surface area contributed by atoms with E-state index in [2.05, 4.69) is 159 Å². The summed E-state index contributed by atoms with van der Waals surface area (Å²) in [5, 5.41) is 6.93. The number of benzene rings is 7. The summed E-state index contributed by atoms with van der Waals surface area (Å²) in [4.78, 5) is 19.2. The Morgan fingerprint density at radius 3 is 1.52 bits per heavy atom.